The van der Waals surface area contributed by atoms with Gasteiger partial charge in [-0.1, -0.05) is 7.43 Å². The monoisotopic (exact) mass is 361 g/mol. The molecule has 3 atom stereocenters. The molecular formula is C17H35N3O5. The van der Waals surface area contributed by atoms with Crippen molar-refractivity contribution < 1.29 is 23.9 Å². The van der Waals surface area contributed by atoms with Gasteiger partial charge in [-0.25, -0.2) is 4.79 Å². The first kappa shape index (κ1) is 25.4. The number of methoxy groups -OCH3 is 1. The molecule has 2 unspecified atom stereocenters. The van der Waals surface area contributed by atoms with Crippen molar-refractivity contribution in [2.45, 2.75) is 72.8 Å². The van der Waals surface area contributed by atoms with Crippen LogP contribution in [0.15, 0.2) is 0 Å². The minimum absolute atomic E-state index is 0. The molecule has 0 saturated carbocycles. The van der Waals surface area contributed by atoms with Crippen LogP contribution in [0, 0.1) is 0 Å². The van der Waals surface area contributed by atoms with Crippen LogP contribution < -0.4 is 10.6 Å². The Labute approximate surface area is 151 Å². The highest BCUT2D eigenvalue weighted by molar-refractivity contribution is 5.91. The van der Waals surface area contributed by atoms with Gasteiger partial charge in [0.1, 0.15) is 17.7 Å². The number of rotatable bonds is 7. The van der Waals surface area contributed by atoms with Gasteiger partial charge in [0.2, 0.25) is 11.8 Å². The Kier molecular flexibility index (Phi) is 11.1. The molecule has 2 N–H and O–H groups in total. The number of nitrogens with zero attached hydrogens (tertiary/aromatic N) is 1. The third-order valence-corrected chi connectivity index (χ3v) is 3.41. The topological polar surface area (TPSA) is 97.0 Å². The van der Waals surface area contributed by atoms with E-state index < -0.39 is 35.8 Å². The maximum absolute atomic E-state index is 12.4. The molecule has 0 saturated heterocycles. The van der Waals surface area contributed by atoms with Crippen LogP contribution in [0.25, 0.3) is 0 Å². The van der Waals surface area contributed by atoms with Crippen LogP contribution in [0.3, 0.4) is 0 Å². The summed E-state index contributed by atoms with van der Waals surface area (Å²) in [5.74, 6) is -0.809. The Bertz CT molecular complexity index is 448. The predicted molar refractivity (Wildman–Crippen MR) is 97.3 cm³/mol. The number of carbonyl (C=O) groups is 3. The van der Waals surface area contributed by atoms with E-state index in [9.17, 15) is 14.4 Å². The summed E-state index contributed by atoms with van der Waals surface area (Å²) in [5.41, 5.74) is -0.657. The second-order valence-electron chi connectivity index (χ2n) is 6.59. The maximum atomic E-state index is 12.4. The first-order chi connectivity index (χ1) is 10.9. The van der Waals surface area contributed by atoms with Crippen LogP contribution in [0.5, 0.6) is 0 Å². The van der Waals surface area contributed by atoms with Crippen molar-refractivity contribution >= 4 is 17.9 Å². The minimum Gasteiger partial charge on any atom is -0.444 e. The summed E-state index contributed by atoms with van der Waals surface area (Å²) in [7, 11) is 2.93. The van der Waals surface area contributed by atoms with Gasteiger partial charge in [-0.15, -0.1) is 0 Å². The van der Waals surface area contributed by atoms with Crippen molar-refractivity contribution in [3.63, 3.8) is 0 Å². The van der Waals surface area contributed by atoms with Gasteiger partial charge in [0.25, 0.3) is 0 Å². The van der Waals surface area contributed by atoms with E-state index >= 15 is 0 Å². The summed E-state index contributed by atoms with van der Waals surface area (Å²) in [6.07, 6.45) is -1.13. The molecule has 25 heavy (non-hydrogen) atoms. The van der Waals surface area contributed by atoms with Gasteiger partial charge < -0.3 is 20.1 Å². The smallest absolute Gasteiger partial charge is 0.410 e. The van der Waals surface area contributed by atoms with Crippen LogP contribution in [0.4, 0.5) is 4.79 Å². The molecule has 0 fully saturated rings. The van der Waals surface area contributed by atoms with Gasteiger partial charge in [-0.2, -0.15) is 0 Å². The normalized spacial score (nSPS) is 14.4. The van der Waals surface area contributed by atoms with Gasteiger partial charge in [0, 0.05) is 20.7 Å². The van der Waals surface area contributed by atoms with E-state index in [4.69, 9.17) is 9.47 Å². The Hall–Kier alpha value is -1.83. The Balaban J connectivity index is 0. The molecule has 148 valence electrons. The first-order valence-corrected chi connectivity index (χ1v) is 8.01. The van der Waals surface area contributed by atoms with Gasteiger partial charge in [-0.05, 0) is 41.5 Å². The molecule has 8 heteroatoms. The van der Waals surface area contributed by atoms with E-state index in [1.165, 1.54) is 19.1 Å². The van der Waals surface area contributed by atoms with Crippen molar-refractivity contribution in [3.8, 4) is 0 Å². The lowest BCUT2D eigenvalue weighted by molar-refractivity contribution is -0.134. The summed E-state index contributed by atoms with van der Waals surface area (Å²) in [6.45, 7) is 10.7. The fourth-order valence-corrected chi connectivity index (χ4v) is 1.76. The lowest BCUT2D eigenvalue weighted by atomic mass is 10.1. The molecule has 0 rings (SSSR count). The van der Waals surface area contributed by atoms with Crippen LogP contribution in [0.2, 0.25) is 0 Å². The average molecular weight is 361 g/mol. The fraction of sp³-hybridized carbons (Fsp3) is 0.824. The molecule has 0 heterocycles. The Morgan fingerprint density at radius 1 is 1.12 bits per heavy atom. The molecular weight excluding hydrogens is 326 g/mol. The minimum atomic E-state index is -0.850. The van der Waals surface area contributed by atoms with Gasteiger partial charge in [-0.3, -0.25) is 14.5 Å². The predicted octanol–water partition coefficient (Wildman–Crippen LogP) is 1.53. The lowest BCUT2D eigenvalue weighted by Crippen LogP contribution is -2.57. The molecule has 3 amide bonds. The zero-order valence-electron chi connectivity index (χ0n) is 15.9. The van der Waals surface area contributed by atoms with Crippen molar-refractivity contribution in [2.24, 2.45) is 0 Å². The number of amides is 3. The van der Waals surface area contributed by atoms with E-state index in [1.54, 1.807) is 41.5 Å². The third kappa shape index (κ3) is 8.72. The van der Waals surface area contributed by atoms with E-state index in [-0.39, 0.29) is 13.3 Å². The summed E-state index contributed by atoms with van der Waals surface area (Å²) >= 11 is 0. The van der Waals surface area contributed by atoms with Crippen LogP contribution >= 0.6 is 0 Å². The zero-order chi connectivity index (χ0) is 19.1. The molecule has 0 spiro atoms. The van der Waals surface area contributed by atoms with Crippen LogP contribution in [0.1, 0.15) is 49.0 Å². The summed E-state index contributed by atoms with van der Waals surface area (Å²) < 4.78 is 10.4. The summed E-state index contributed by atoms with van der Waals surface area (Å²) in [6, 6.07) is -1.65. The number of hydrogen-bond donors (Lipinski definition) is 2. The third-order valence-electron chi connectivity index (χ3n) is 3.41. The second-order valence-corrected chi connectivity index (χ2v) is 6.59. The van der Waals surface area contributed by atoms with Gasteiger partial charge in [0.15, 0.2) is 0 Å². The largest absolute Gasteiger partial charge is 0.444 e. The first-order valence-electron chi connectivity index (χ1n) is 8.01. The molecule has 0 aliphatic carbocycles. The number of nitrogens with one attached hydrogen (secondary N) is 2. The highest BCUT2D eigenvalue weighted by Crippen LogP contribution is 2.11. The lowest BCUT2D eigenvalue weighted by Gasteiger charge is -2.30. The summed E-state index contributed by atoms with van der Waals surface area (Å²) in [4.78, 5) is 37.7. The molecule has 0 aliphatic rings. The average Bonchev–Trinajstić information content (AvgIpc) is 2.48. The second kappa shape index (κ2) is 10.9. The molecule has 0 aliphatic heterocycles. The summed E-state index contributed by atoms with van der Waals surface area (Å²) in [5, 5.41) is 5.27. The maximum Gasteiger partial charge on any atom is 0.410 e. The van der Waals surface area contributed by atoms with Crippen molar-refractivity contribution in [1.82, 2.24) is 15.5 Å². The van der Waals surface area contributed by atoms with Gasteiger partial charge >= 0.3 is 6.09 Å². The quantitative estimate of drug-likeness (QED) is 0.717. The van der Waals surface area contributed by atoms with Gasteiger partial charge in [0.05, 0.1) is 6.10 Å². The zero-order valence-corrected chi connectivity index (χ0v) is 15.9. The number of carbonyl (C=O) groups excluding carboxylic acids is 3. The number of hydrogen-bond acceptors (Lipinski definition) is 5. The SMILES string of the molecule is C.CCNC(=O)C(NC(=O)[C@H](C)N(C)C(=O)OC(C)(C)C)C(C)OC. The van der Waals surface area contributed by atoms with E-state index in [0.29, 0.717) is 6.54 Å². The van der Waals surface area contributed by atoms with E-state index in [0.717, 1.165) is 0 Å². The van der Waals surface area contributed by atoms with Crippen molar-refractivity contribution in [2.75, 3.05) is 20.7 Å². The molecule has 0 aromatic rings. The van der Waals surface area contributed by atoms with Crippen LogP contribution in [-0.2, 0) is 19.1 Å². The molecule has 0 aromatic heterocycles. The van der Waals surface area contributed by atoms with Crippen molar-refractivity contribution in [1.29, 1.82) is 0 Å². The molecule has 0 radical (unpaired) electrons. The fourth-order valence-electron chi connectivity index (χ4n) is 1.76. The standard InChI is InChI=1S/C16H31N3O5.CH4/c1-9-17-14(21)12(11(3)23-8)18-13(20)10(2)19(7)15(22)24-16(4,5)6;/h10-12H,9H2,1-8H3,(H,17,21)(H,18,20);1H4/t10-,11?,12?;/m0./s1. The van der Waals surface area contributed by atoms with E-state index in [2.05, 4.69) is 10.6 Å². The van der Waals surface area contributed by atoms with Crippen molar-refractivity contribution in [3.05, 3.63) is 0 Å². The highest BCUT2D eigenvalue weighted by atomic mass is 16.6. The number of likely N-dealkylation sites (N-methyl/N-ethyl adjacent to an activating group) is 2. The Morgan fingerprint density at radius 3 is 2.04 bits per heavy atom. The molecule has 0 bridgehead atoms. The Morgan fingerprint density at radius 2 is 1.64 bits per heavy atom. The van der Waals surface area contributed by atoms with Crippen LogP contribution in [-0.4, -0.2) is 67.3 Å². The number of ether oxygens (including phenoxy) is 2. The highest BCUT2D eigenvalue weighted by Gasteiger charge is 2.32. The molecule has 8 nitrogen and oxygen atoms in total. The van der Waals surface area contributed by atoms with E-state index in [1.807, 2.05) is 0 Å². The molecule has 0 aromatic carbocycles.